The Morgan fingerprint density at radius 2 is 2.14 bits per heavy atom. The predicted octanol–water partition coefficient (Wildman–Crippen LogP) is 0.582. The quantitative estimate of drug-likeness (QED) is 0.513. The van der Waals surface area contributed by atoms with Crippen molar-refractivity contribution in [3.63, 3.8) is 0 Å². The largest absolute Gasteiger partial charge is 0.473 e. The first-order valence-electron chi connectivity index (χ1n) is 6.29. The Hall–Kier alpha value is -1.77. The van der Waals surface area contributed by atoms with E-state index in [-0.39, 0.29) is 0 Å². The van der Waals surface area contributed by atoms with Crippen molar-refractivity contribution in [3.05, 3.63) is 23.5 Å². The number of hydroxylamine groups is 1. The van der Waals surface area contributed by atoms with Crippen LogP contribution in [-0.4, -0.2) is 58.5 Å². The fourth-order valence-electron chi connectivity index (χ4n) is 1.82. The molecule has 1 saturated heterocycles. The van der Waals surface area contributed by atoms with E-state index in [2.05, 4.69) is 17.4 Å². The van der Waals surface area contributed by atoms with Crippen LogP contribution in [-0.2, 0) is 14.4 Å². The van der Waals surface area contributed by atoms with Crippen molar-refractivity contribution in [1.82, 2.24) is 15.5 Å². The van der Waals surface area contributed by atoms with Gasteiger partial charge in [-0.15, -0.1) is 0 Å². The molecule has 0 aromatic heterocycles. The van der Waals surface area contributed by atoms with Crippen LogP contribution in [0.15, 0.2) is 23.5 Å². The summed E-state index contributed by atoms with van der Waals surface area (Å²) < 4.78 is 0. The highest BCUT2D eigenvalue weighted by atomic mass is 35.5. The van der Waals surface area contributed by atoms with Gasteiger partial charge in [-0.1, -0.05) is 11.6 Å². The fraction of sp³-hybridized carbons (Fsp3) is 0.500. The van der Waals surface area contributed by atoms with Gasteiger partial charge in [0.2, 0.25) is 0 Å². The van der Waals surface area contributed by atoms with Crippen LogP contribution in [0.25, 0.3) is 0 Å². The van der Waals surface area contributed by atoms with Gasteiger partial charge in [0.15, 0.2) is 0 Å². The molecule has 1 atom stereocenters. The van der Waals surface area contributed by atoms with Crippen molar-refractivity contribution >= 4 is 23.5 Å². The van der Waals surface area contributed by atoms with Crippen LogP contribution < -0.4 is 5.43 Å². The first-order chi connectivity index (χ1) is 9.90. The molecule has 9 heteroatoms. The molecule has 0 bridgehead atoms. The number of carboxylic acid groups (broad SMARTS) is 2. The molecule has 3 N–H and O–H groups in total. The number of hydrazine groups is 1. The number of nitrogens with one attached hydrogen (secondary N) is 1. The highest BCUT2D eigenvalue weighted by molar-refractivity contribution is 6.29. The molecule has 1 fully saturated rings. The molecule has 0 aliphatic carbocycles. The van der Waals surface area contributed by atoms with Crippen molar-refractivity contribution in [3.8, 4) is 0 Å². The molecule has 0 amide bonds. The number of rotatable bonds is 3. The number of hydrogen-bond acceptors (Lipinski definition) is 6. The van der Waals surface area contributed by atoms with Gasteiger partial charge in [-0.2, -0.15) is 5.17 Å². The maximum Gasteiger partial charge on any atom is 0.414 e. The fourth-order valence-corrected chi connectivity index (χ4v) is 1.97. The summed E-state index contributed by atoms with van der Waals surface area (Å²) in [5.74, 6) is -3.65. The molecular formula is C12H18ClN3O5. The minimum Gasteiger partial charge on any atom is -0.473 e. The summed E-state index contributed by atoms with van der Waals surface area (Å²) >= 11 is 5.80. The summed E-state index contributed by atoms with van der Waals surface area (Å²) in [7, 11) is 2.13. The highest BCUT2D eigenvalue weighted by Gasteiger charge is 2.21. The van der Waals surface area contributed by atoms with Crippen LogP contribution in [0.3, 0.4) is 0 Å². The SMILES string of the molecule is CN1CCC[C@@H]1CON1C=CC=C(Cl)N1.O=C(O)C(=O)O. The molecule has 2 aliphatic heterocycles. The van der Waals surface area contributed by atoms with Gasteiger partial charge >= 0.3 is 11.9 Å². The number of carboxylic acids is 2. The lowest BCUT2D eigenvalue weighted by Gasteiger charge is -2.26. The van der Waals surface area contributed by atoms with Crippen molar-refractivity contribution in [1.29, 1.82) is 0 Å². The Morgan fingerprint density at radius 3 is 2.62 bits per heavy atom. The van der Waals surface area contributed by atoms with Crippen LogP contribution >= 0.6 is 11.6 Å². The zero-order valence-corrected chi connectivity index (χ0v) is 12.3. The number of hydrogen-bond donors (Lipinski definition) is 3. The molecule has 21 heavy (non-hydrogen) atoms. The summed E-state index contributed by atoms with van der Waals surface area (Å²) in [4.78, 5) is 26.1. The number of halogens is 1. The maximum absolute atomic E-state index is 9.10. The van der Waals surface area contributed by atoms with E-state index in [0.717, 1.165) is 6.54 Å². The monoisotopic (exact) mass is 319 g/mol. The highest BCUT2D eigenvalue weighted by Crippen LogP contribution is 2.15. The Morgan fingerprint density at radius 1 is 1.48 bits per heavy atom. The predicted molar refractivity (Wildman–Crippen MR) is 74.9 cm³/mol. The van der Waals surface area contributed by atoms with Gasteiger partial charge in [-0.05, 0) is 38.6 Å². The van der Waals surface area contributed by atoms with Gasteiger partial charge in [0.05, 0.1) is 12.8 Å². The number of nitrogens with zero attached hydrogens (tertiary/aromatic N) is 2. The smallest absolute Gasteiger partial charge is 0.414 e. The standard InChI is InChI=1S/C10H16ClN3O.C2H2O4/c1-13-6-2-4-9(13)8-15-14-7-3-5-10(11)12-14;3-1(4)2(5)6/h3,5,7,9,12H,2,4,6,8H2,1H3;(H,3,4)(H,5,6)/t9-;/m1./s1. The van der Waals surface area contributed by atoms with Crippen LogP contribution in [0, 0.1) is 0 Å². The van der Waals surface area contributed by atoms with E-state index < -0.39 is 11.9 Å². The Kier molecular flexibility index (Phi) is 7.00. The average Bonchev–Trinajstić information content (AvgIpc) is 2.82. The van der Waals surface area contributed by atoms with Crippen molar-refractivity contribution in [2.24, 2.45) is 0 Å². The summed E-state index contributed by atoms with van der Waals surface area (Å²) in [5.41, 5.74) is 2.89. The molecule has 0 aromatic rings. The van der Waals surface area contributed by atoms with E-state index in [0.29, 0.717) is 17.8 Å². The molecular weight excluding hydrogens is 302 g/mol. The topological polar surface area (TPSA) is 102 Å². The van der Waals surface area contributed by atoms with Gasteiger partial charge in [-0.25, -0.2) is 9.59 Å². The van der Waals surface area contributed by atoms with Crippen molar-refractivity contribution < 1.29 is 24.6 Å². The molecule has 2 aliphatic rings. The average molecular weight is 320 g/mol. The normalized spacial score (nSPS) is 21.1. The summed E-state index contributed by atoms with van der Waals surface area (Å²) in [6.45, 7) is 1.86. The molecule has 8 nitrogen and oxygen atoms in total. The molecule has 0 unspecified atom stereocenters. The summed E-state index contributed by atoms with van der Waals surface area (Å²) in [5, 5.41) is 16.9. The lowest BCUT2D eigenvalue weighted by atomic mass is 10.2. The molecule has 2 heterocycles. The zero-order valence-electron chi connectivity index (χ0n) is 11.5. The first kappa shape index (κ1) is 17.3. The molecule has 118 valence electrons. The second-order valence-corrected chi connectivity index (χ2v) is 4.88. The molecule has 0 saturated carbocycles. The van der Waals surface area contributed by atoms with Crippen molar-refractivity contribution in [2.75, 3.05) is 20.2 Å². The second kappa shape index (κ2) is 8.50. The third-order valence-electron chi connectivity index (χ3n) is 2.94. The molecule has 0 aromatic carbocycles. The first-order valence-corrected chi connectivity index (χ1v) is 6.67. The Bertz CT molecular complexity index is 429. The lowest BCUT2D eigenvalue weighted by molar-refractivity contribution is -0.160. The van der Waals surface area contributed by atoms with Crippen molar-refractivity contribution in [2.45, 2.75) is 18.9 Å². The third kappa shape index (κ3) is 6.48. The Balaban J connectivity index is 0.000000315. The zero-order chi connectivity index (χ0) is 15.8. The second-order valence-electron chi connectivity index (χ2n) is 4.48. The molecule has 0 spiro atoms. The van der Waals surface area contributed by atoms with E-state index in [9.17, 15) is 0 Å². The maximum atomic E-state index is 9.10. The molecule has 2 rings (SSSR count). The lowest BCUT2D eigenvalue weighted by Crippen LogP contribution is -2.38. The van der Waals surface area contributed by atoms with E-state index in [1.165, 1.54) is 12.8 Å². The van der Waals surface area contributed by atoms with Crippen LogP contribution in [0.1, 0.15) is 12.8 Å². The minimum atomic E-state index is -1.82. The van der Waals surface area contributed by atoms with E-state index in [4.69, 9.17) is 36.2 Å². The van der Waals surface area contributed by atoms with Crippen LogP contribution in [0.2, 0.25) is 0 Å². The number of allylic oxidation sites excluding steroid dienone is 2. The third-order valence-corrected chi connectivity index (χ3v) is 3.15. The van der Waals surface area contributed by atoms with Crippen LogP contribution in [0.4, 0.5) is 0 Å². The number of likely N-dealkylation sites (N-methyl/N-ethyl adjacent to an activating group) is 1. The number of aliphatic carboxylic acids is 2. The minimum absolute atomic E-state index is 0.518. The summed E-state index contributed by atoms with van der Waals surface area (Å²) in [6, 6.07) is 0.518. The van der Waals surface area contributed by atoms with E-state index in [1.807, 2.05) is 6.08 Å². The Labute approximate surface area is 127 Å². The van der Waals surface area contributed by atoms with E-state index in [1.54, 1.807) is 17.4 Å². The number of carbonyl (C=O) groups is 2. The van der Waals surface area contributed by atoms with Gasteiger partial charge in [-0.3, -0.25) is 10.3 Å². The summed E-state index contributed by atoms with van der Waals surface area (Å²) in [6.07, 6.45) is 7.90. The van der Waals surface area contributed by atoms with E-state index >= 15 is 0 Å². The van der Waals surface area contributed by atoms with Gasteiger partial charge < -0.3 is 15.1 Å². The number of likely N-dealkylation sites (tertiary alicyclic amines) is 1. The molecule has 0 radical (unpaired) electrons. The van der Waals surface area contributed by atoms with Gasteiger partial charge in [0.25, 0.3) is 0 Å². The van der Waals surface area contributed by atoms with Gasteiger partial charge in [0, 0.05) is 6.04 Å². The van der Waals surface area contributed by atoms with Gasteiger partial charge in [0.1, 0.15) is 5.16 Å². The van der Waals surface area contributed by atoms with Crippen LogP contribution in [0.5, 0.6) is 0 Å².